The van der Waals surface area contributed by atoms with Crippen molar-refractivity contribution in [3.63, 3.8) is 0 Å². The van der Waals surface area contributed by atoms with E-state index in [-0.39, 0.29) is 44.0 Å². The van der Waals surface area contributed by atoms with E-state index in [1.165, 1.54) is 7.11 Å². The molecule has 1 N–H and O–H groups in total. The molecule has 9 heteroatoms. The summed E-state index contributed by atoms with van der Waals surface area (Å²) in [7, 11) is -2.07. The summed E-state index contributed by atoms with van der Waals surface area (Å²) in [5.74, 6) is -0.237. The molecule has 0 fully saturated rings. The van der Waals surface area contributed by atoms with Crippen LogP contribution in [0.5, 0.6) is 11.5 Å². The minimum Gasteiger partial charge on any atom is -0.507 e. The van der Waals surface area contributed by atoms with E-state index in [1.54, 1.807) is 26.8 Å². The molecule has 0 aromatic heterocycles. The molecule has 1 aromatic rings. The average molecular weight is 437 g/mol. The number of benzene rings is 1. The summed E-state index contributed by atoms with van der Waals surface area (Å²) < 4.78 is 34.0. The van der Waals surface area contributed by atoms with Crippen molar-refractivity contribution in [2.45, 2.75) is 52.8 Å². The third-order valence-corrected chi connectivity index (χ3v) is 7.26. The highest BCUT2D eigenvalue weighted by Gasteiger charge is 2.36. The van der Waals surface area contributed by atoms with Crippen LogP contribution < -0.4 is 4.74 Å². The van der Waals surface area contributed by atoms with Crippen molar-refractivity contribution in [3.05, 3.63) is 33.9 Å². The Hall–Kier alpha value is -2.33. The average Bonchev–Trinajstić information content (AvgIpc) is 3.10. The molecule has 0 spiro atoms. The van der Waals surface area contributed by atoms with Crippen LogP contribution in [0.2, 0.25) is 0 Å². The van der Waals surface area contributed by atoms with Crippen molar-refractivity contribution in [1.82, 2.24) is 0 Å². The molecule has 0 amide bonds. The van der Waals surface area contributed by atoms with Crippen molar-refractivity contribution in [2.75, 3.05) is 20.3 Å². The van der Waals surface area contributed by atoms with E-state index in [0.717, 1.165) is 11.1 Å². The third kappa shape index (κ3) is 4.70. The highest BCUT2D eigenvalue weighted by atomic mass is 31.2. The zero-order valence-electron chi connectivity index (χ0n) is 18.0. The molecule has 30 heavy (non-hydrogen) atoms. The second-order valence-electron chi connectivity index (χ2n) is 6.89. The smallest absolute Gasteiger partial charge is 0.348 e. The van der Waals surface area contributed by atoms with Gasteiger partial charge in [0.25, 0.3) is 0 Å². The monoisotopic (exact) mass is 437 g/mol. The van der Waals surface area contributed by atoms with Gasteiger partial charge < -0.3 is 23.6 Å². The first-order valence-corrected chi connectivity index (χ1v) is 11.4. The Bertz CT molecular complexity index is 923. The number of esters is 1. The Balaban J connectivity index is 2.32. The summed E-state index contributed by atoms with van der Waals surface area (Å²) in [4.78, 5) is 12.0. The Labute approximate surface area is 176 Å². The lowest BCUT2D eigenvalue weighted by Crippen LogP contribution is -2.12. The molecule has 1 atom stereocenters. The second-order valence-corrected chi connectivity index (χ2v) is 9.11. The fourth-order valence-electron chi connectivity index (χ4n) is 3.50. The molecule has 0 saturated carbocycles. The Morgan fingerprint density at radius 1 is 1.37 bits per heavy atom. The Morgan fingerprint density at radius 3 is 2.53 bits per heavy atom. The van der Waals surface area contributed by atoms with Crippen LogP contribution in [0.3, 0.4) is 0 Å². The molecule has 1 heterocycles. The van der Waals surface area contributed by atoms with Crippen molar-refractivity contribution in [3.8, 4) is 17.6 Å². The van der Waals surface area contributed by atoms with Crippen LogP contribution >= 0.6 is 7.60 Å². The van der Waals surface area contributed by atoms with Gasteiger partial charge in [-0.1, -0.05) is 11.6 Å². The van der Waals surface area contributed by atoms with Crippen molar-refractivity contribution < 1.29 is 33.0 Å². The minimum absolute atomic E-state index is 0.104. The maximum atomic E-state index is 12.9. The summed E-state index contributed by atoms with van der Waals surface area (Å²) >= 11 is 0. The molecule has 8 nitrogen and oxygen atoms in total. The number of hydrogen-bond acceptors (Lipinski definition) is 8. The first-order valence-electron chi connectivity index (χ1n) is 9.76. The Morgan fingerprint density at radius 2 is 2.00 bits per heavy atom. The summed E-state index contributed by atoms with van der Waals surface area (Å²) in [6.45, 7) is 7.45. The second kappa shape index (κ2) is 10.1. The van der Waals surface area contributed by atoms with Crippen LogP contribution in [0, 0.1) is 18.3 Å². The van der Waals surface area contributed by atoms with Gasteiger partial charge in [-0.2, -0.15) is 5.26 Å². The molecule has 0 saturated heterocycles. The number of allylic oxidation sites excluding steroid dienone is 2. The van der Waals surface area contributed by atoms with Gasteiger partial charge in [0.1, 0.15) is 23.7 Å². The standard InChI is InChI=1S/C21H28NO7P/c1-6-28-30(25,29-7-2)15(11-22)10-13(3)8-9-16-19(23)18-17(12-27-21(18)24)14(4)20(16)26-5/h8,15,23H,6-7,9-10,12H2,1-5H3/b13-8+. The molecule has 1 aliphatic rings. The number of fused-ring (bicyclic) bond motifs is 1. The predicted octanol–water partition coefficient (Wildman–Crippen LogP) is 4.42. The lowest BCUT2D eigenvalue weighted by Gasteiger charge is -2.21. The number of nitrogens with zero attached hydrogens (tertiary/aromatic N) is 1. The quantitative estimate of drug-likeness (QED) is 0.325. The first-order chi connectivity index (χ1) is 14.2. The number of phenolic OH excluding ortho intramolecular Hbond substituents is 1. The van der Waals surface area contributed by atoms with Crippen LogP contribution in [-0.4, -0.2) is 37.1 Å². The normalized spacial score (nSPS) is 14.8. The highest BCUT2D eigenvalue weighted by molar-refractivity contribution is 7.55. The van der Waals surface area contributed by atoms with E-state index in [4.69, 9.17) is 18.5 Å². The van der Waals surface area contributed by atoms with Gasteiger partial charge in [0.05, 0.1) is 26.4 Å². The lowest BCUT2D eigenvalue weighted by atomic mass is 9.94. The number of cyclic esters (lactones) is 1. The molecule has 0 bridgehead atoms. The van der Waals surface area contributed by atoms with E-state index in [0.29, 0.717) is 16.9 Å². The molecule has 1 aliphatic heterocycles. The number of aromatic hydroxyl groups is 1. The van der Waals surface area contributed by atoms with Gasteiger partial charge in [-0.25, -0.2) is 4.79 Å². The molecule has 0 radical (unpaired) electrons. The maximum absolute atomic E-state index is 12.9. The zero-order chi connectivity index (χ0) is 22.5. The molecule has 0 aliphatic carbocycles. The van der Waals surface area contributed by atoms with E-state index >= 15 is 0 Å². The van der Waals surface area contributed by atoms with Crippen molar-refractivity contribution in [2.24, 2.45) is 0 Å². The molecule has 1 aromatic carbocycles. The van der Waals surface area contributed by atoms with Gasteiger partial charge in [-0.15, -0.1) is 0 Å². The number of nitriles is 1. The van der Waals surface area contributed by atoms with E-state index in [2.05, 4.69) is 0 Å². The van der Waals surface area contributed by atoms with Crippen LogP contribution in [0.25, 0.3) is 0 Å². The topological polar surface area (TPSA) is 115 Å². The molecular weight excluding hydrogens is 409 g/mol. The molecule has 1 unspecified atom stereocenters. The largest absolute Gasteiger partial charge is 0.507 e. The highest BCUT2D eigenvalue weighted by Crippen LogP contribution is 2.54. The summed E-state index contributed by atoms with van der Waals surface area (Å²) in [6.07, 6.45) is 2.24. The maximum Gasteiger partial charge on any atom is 0.348 e. The molecule has 164 valence electrons. The van der Waals surface area contributed by atoms with Crippen LogP contribution in [0.15, 0.2) is 11.6 Å². The fourth-order valence-corrected chi connectivity index (χ4v) is 5.31. The summed E-state index contributed by atoms with van der Waals surface area (Å²) in [6, 6.07) is 2.03. The van der Waals surface area contributed by atoms with E-state index < -0.39 is 19.2 Å². The molecular formula is C21H28NO7P. The van der Waals surface area contributed by atoms with Gasteiger partial charge >= 0.3 is 13.6 Å². The van der Waals surface area contributed by atoms with Crippen LogP contribution in [0.1, 0.15) is 54.2 Å². The van der Waals surface area contributed by atoms with Crippen LogP contribution in [0.4, 0.5) is 0 Å². The fraction of sp³-hybridized carbons (Fsp3) is 0.524. The molecule has 2 rings (SSSR count). The number of rotatable bonds is 10. The van der Waals surface area contributed by atoms with Crippen LogP contribution in [-0.2, 0) is 31.4 Å². The van der Waals surface area contributed by atoms with Gasteiger partial charge in [-0.05, 0) is 46.1 Å². The number of hydrogen-bond donors (Lipinski definition) is 1. The van der Waals surface area contributed by atoms with Gasteiger partial charge in [0.15, 0.2) is 5.66 Å². The van der Waals surface area contributed by atoms with E-state index in [9.17, 15) is 19.7 Å². The zero-order valence-corrected chi connectivity index (χ0v) is 18.9. The number of carbonyl (C=O) groups is 1. The number of methoxy groups -OCH3 is 1. The van der Waals surface area contributed by atoms with Crippen molar-refractivity contribution >= 4 is 13.6 Å². The SMILES string of the molecule is CCOP(=O)(OCC)C(C#N)C/C(C)=C/Cc1c(O)c2c(c(C)c1OC)COC2=O. The first kappa shape index (κ1) is 23.9. The summed E-state index contributed by atoms with van der Waals surface area (Å²) in [5, 5.41) is 20.2. The predicted molar refractivity (Wildman–Crippen MR) is 111 cm³/mol. The van der Waals surface area contributed by atoms with E-state index in [1.807, 2.05) is 13.0 Å². The third-order valence-electron chi connectivity index (χ3n) is 4.97. The summed E-state index contributed by atoms with van der Waals surface area (Å²) in [5.41, 5.74) is 1.81. The number of carbonyl (C=O) groups excluding carboxylic acids is 1. The number of ether oxygens (including phenoxy) is 2. The van der Waals surface area contributed by atoms with Gasteiger partial charge in [0.2, 0.25) is 0 Å². The lowest BCUT2D eigenvalue weighted by molar-refractivity contribution is 0.0533. The van der Waals surface area contributed by atoms with Gasteiger partial charge in [0, 0.05) is 11.1 Å². The number of phenols is 1. The van der Waals surface area contributed by atoms with Gasteiger partial charge in [-0.3, -0.25) is 4.57 Å². The minimum atomic E-state index is -3.57. The Kier molecular flexibility index (Phi) is 8.08. The van der Waals surface area contributed by atoms with Crippen molar-refractivity contribution in [1.29, 1.82) is 5.26 Å².